The predicted octanol–water partition coefficient (Wildman–Crippen LogP) is 1.47. The normalized spacial score (nSPS) is 21.4. The van der Waals surface area contributed by atoms with Gasteiger partial charge in [-0.15, -0.1) is 0 Å². The molecule has 2 rings (SSSR count). The minimum absolute atomic E-state index is 0.147. The van der Waals surface area contributed by atoms with Crippen molar-refractivity contribution in [2.24, 2.45) is 0 Å². The molecular formula is C14H15ClFNO5. The van der Waals surface area contributed by atoms with E-state index < -0.39 is 36.4 Å². The standard InChI is InChI=1S/C14H15ClFNO5/c15-9-3-1-2-8(13(9)16)14(20)17-10-6-21-5-4-11(10)22-7-12(18)19/h1-3,10-11H,4-7H2,(H,17,20)(H,18,19)/t10-,11+/m1/s1. The first-order valence-corrected chi connectivity index (χ1v) is 7.03. The number of halogens is 2. The average Bonchev–Trinajstić information content (AvgIpc) is 2.49. The maximum Gasteiger partial charge on any atom is 0.329 e. The van der Waals surface area contributed by atoms with Gasteiger partial charge in [0.25, 0.3) is 5.91 Å². The minimum atomic E-state index is -1.10. The van der Waals surface area contributed by atoms with Gasteiger partial charge in [0.05, 0.1) is 29.3 Å². The Balaban J connectivity index is 2.04. The number of carbonyl (C=O) groups excluding carboxylic acids is 1. The Morgan fingerprint density at radius 3 is 3.00 bits per heavy atom. The molecule has 1 aliphatic heterocycles. The number of hydrogen-bond donors (Lipinski definition) is 2. The van der Waals surface area contributed by atoms with E-state index in [1.807, 2.05) is 0 Å². The number of nitrogens with one attached hydrogen (secondary N) is 1. The van der Waals surface area contributed by atoms with E-state index >= 15 is 0 Å². The first kappa shape index (κ1) is 16.7. The van der Waals surface area contributed by atoms with E-state index in [2.05, 4.69) is 5.32 Å². The first-order chi connectivity index (χ1) is 10.5. The van der Waals surface area contributed by atoms with Crippen molar-refractivity contribution in [2.75, 3.05) is 19.8 Å². The lowest BCUT2D eigenvalue weighted by Crippen LogP contribution is -2.51. The number of hydrogen-bond acceptors (Lipinski definition) is 4. The summed E-state index contributed by atoms with van der Waals surface area (Å²) >= 11 is 5.64. The second-order valence-corrected chi connectivity index (χ2v) is 5.20. The number of carbonyl (C=O) groups is 2. The maximum absolute atomic E-state index is 13.8. The molecule has 0 saturated carbocycles. The highest BCUT2D eigenvalue weighted by Gasteiger charge is 2.29. The van der Waals surface area contributed by atoms with Crippen molar-refractivity contribution >= 4 is 23.5 Å². The number of carboxylic acids is 1. The van der Waals surface area contributed by atoms with E-state index in [0.717, 1.165) is 0 Å². The molecule has 1 fully saturated rings. The van der Waals surface area contributed by atoms with E-state index in [-0.39, 0.29) is 17.2 Å². The molecule has 0 bridgehead atoms. The van der Waals surface area contributed by atoms with Gasteiger partial charge in [0.1, 0.15) is 6.61 Å². The number of rotatable bonds is 5. The second-order valence-electron chi connectivity index (χ2n) is 4.79. The zero-order valence-electron chi connectivity index (χ0n) is 11.6. The number of carboxylic acid groups (broad SMARTS) is 1. The molecule has 0 spiro atoms. The number of benzene rings is 1. The lowest BCUT2D eigenvalue weighted by Gasteiger charge is -2.31. The smallest absolute Gasteiger partial charge is 0.329 e. The van der Waals surface area contributed by atoms with Gasteiger partial charge in [-0.1, -0.05) is 17.7 Å². The van der Waals surface area contributed by atoms with Crippen molar-refractivity contribution < 1.29 is 28.6 Å². The van der Waals surface area contributed by atoms with Crippen molar-refractivity contribution in [2.45, 2.75) is 18.6 Å². The quantitative estimate of drug-likeness (QED) is 0.853. The van der Waals surface area contributed by atoms with Crippen molar-refractivity contribution in [1.29, 1.82) is 0 Å². The third kappa shape index (κ3) is 4.16. The van der Waals surface area contributed by atoms with E-state index in [1.54, 1.807) is 0 Å². The molecule has 1 saturated heterocycles. The molecule has 6 nitrogen and oxygen atoms in total. The molecule has 120 valence electrons. The Labute approximate surface area is 131 Å². The molecule has 0 radical (unpaired) electrons. The maximum atomic E-state index is 13.8. The van der Waals surface area contributed by atoms with E-state index in [9.17, 15) is 14.0 Å². The van der Waals surface area contributed by atoms with Crippen LogP contribution in [0.1, 0.15) is 16.8 Å². The highest BCUT2D eigenvalue weighted by atomic mass is 35.5. The van der Waals surface area contributed by atoms with Crippen molar-refractivity contribution in [3.63, 3.8) is 0 Å². The highest BCUT2D eigenvalue weighted by molar-refractivity contribution is 6.31. The van der Waals surface area contributed by atoms with Gasteiger partial charge in [0, 0.05) is 6.61 Å². The number of aliphatic carboxylic acids is 1. The third-order valence-corrected chi connectivity index (χ3v) is 3.52. The zero-order valence-corrected chi connectivity index (χ0v) is 12.3. The third-order valence-electron chi connectivity index (χ3n) is 3.23. The largest absolute Gasteiger partial charge is 0.480 e. The van der Waals surface area contributed by atoms with Crippen LogP contribution in [-0.2, 0) is 14.3 Å². The molecular weight excluding hydrogens is 317 g/mol. The Bertz CT molecular complexity index is 568. The van der Waals surface area contributed by atoms with Crippen LogP contribution in [0.5, 0.6) is 0 Å². The molecule has 8 heteroatoms. The monoisotopic (exact) mass is 331 g/mol. The highest BCUT2D eigenvalue weighted by Crippen LogP contribution is 2.19. The van der Waals surface area contributed by atoms with Crippen molar-refractivity contribution in [1.82, 2.24) is 5.32 Å². The molecule has 1 aromatic rings. The van der Waals surface area contributed by atoms with Crippen LogP contribution in [0, 0.1) is 5.82 Å². The topological polar surface area (TPSA) is 84.9 Å². The number of amides is 1. The summed E-state index contributed by atoms with van der Waals surface area (Å²) in [7, 11) is 0. The lowest BCUT2D eigenvalue weighted by molar-refractivity contribution is -0.147. The van der Waals surface area contributed by atoms with Crippen LogP contribution in [0.3, 0.4) is 0 Å². The van der Waals surface area contributed by atoms with Gasteiger partial charge in [0.15, 0.2) is 5.82 Å². The van der Waals surface area contributed by atoms with Crippen LogP contribution in [0.15, 0.2) is 18.2 Å². The van der Waals surface area contributed by atoms with Crippen LogP contribution >= 0.6 is 11.6 Å². The molecule has 2 atom stereocenters. The summed E-state index contributed by atoms with van der Waals surface area (Å²) in [6, 6.07) is 3.57. The first-order valence-electron chi connectivity index (χ1n) is 6.65. The molecule has 0 aliphatic carbocycles. The van der Waals surface area contributed by atoms with Crippen LogP contribution in [0.25, 0.3) is 0 Å². The van der Waals surface area contributed by atoms with E-state index in [4.69, 9.17) is 26.2 Å². The fourth-order valence-electron chi connectivity index (χ4n) is 2.16. The summed E-state index contributed by atoms with van der Waals surface area (Å²) in [6.07, 6.45) is -0.0629. The van der Waals surface area contributed by atoms with Gasteiger partial charge >= 0.3 is 5.97 Å². The Hall–Kier alpha value is -1.70. The summed E-state index contributed by atoms with van der Waals surface area (Å²) < 4.78 is 24.3. The van der Waals surface area contributed by atoms with Gasteiger partial charge in [-0.25, -0.2) is 9.18 Å². The average molecular weight is 332 g/mol. The summed E-state index contributed by atoms with van der Waals surface area (Å²) in [5.41, 5.74) is -0.185. The van der Waals surface area contributed by atoms with Crippen molar-refractivity contribution in [3.8, 4) is 0 Å². The van der Waals surface area contributed by atoms with Crippen LogP contribution in [0.4, 0.5) is 4.39 Å². The molecule has 1 heterocycles. The summed E-state index contributed by atoms with van der Waals surface area (Å²) in [6.45, 7) is 0.100. The molecule has 1 aromatic carbocycles. The van der Waals surface area contributed by atoms with E-state index in [0.29, 0.717) is 13.0 Å². The summed E-state index contributed by atoms with van der Waals surface area (Å²) in [5, 5.41) is 11.1. The minimum Gasteiger partial charge on any atom is -0.480 e. The van der Waals surface area contributed by atoms with Gasteiger partial charge in [-0.2, -0.15) is 0 Å². The van der Waals surface area contributed by atoms with E-state index in [1.165, 1.54) is 18.2 Å². The molecule has 1 aliphatic rings. The molecule has 22 heavy (non-hydrogen) atoms. The fourth-order valence-corrected chi connectivity index (χ4v) is 2.33. The lowest BCUT2D eigenvalue weighted by atomic mass is 10.1. The Morgan fingerprint density at radius 2 is 2.27 bits per heavy atom. The van der Waals surface area contributed by atoms with Gasteiger partial charge < -0.3 is 19.9 Å². The number of ether oxygens (including phenoxy) is 2. The second kappa shape index (κ2) is 7.53. The SMILES string of the molecule is O=C(O)CO[C@H]1CCOC[C@H]1NC(=O)c1cccc(Cl)c1F. The summed E-state index contributed by atoms with van der Waals surface area (Å²) in [4.78, 5) is 22.7. The Morgan fingerprint density at radius 1 is 1.50 bits per heavy atom. The predicted molar refractivity (Wildman–Crippen MR) is 75.5 cm³/mol. The van der Waals surface area contributed by atoms with Crippen LogP contribution in [-0.4, -0.2) is 48.9 Å². The molecule has 0 unspecified atom stereocenters. The van der Waals surface area contributed by atoms with Gasteiger partial charge in [-0.05, 0) is 18.6 Å². The van der Waals surface area contributed by atoms with Gasteiger partial charge in [-0.3, -0.25) is 4.79 Å². The fraction of sp³-hybridized carbons (Fsp3) is 0.429. The van der Waals surface area contributed by atoms with Crippen LogP contribution in [0.2, 0.25) is 5.02 Å². The molecule has 2 N–H and O–H groups in total. The Kier molecular flexibility index (Phi) is 5.70. The summed E-state index contributed by atoms with van der Waals surface area (Å²) in [5.74, 6) is -2.56. The van der Waals surface area contributed by atoms with Gasteiger partial charge in [0.2, 0.25) is 0 Å². The molecule has 0 aromatic heterocycles. The van der Waals surface area contributed by atoms with Crippen LogP contribution < -0.4 is 5.32 Å². The zero-order chi connectivity index (χ0) is 16.1. The molecule has 1 amide bonds. The van der Waals surface area contributed by atoms with Crippen molar-refractivity contribution in [3.05, 3.63) is 34.6 Å².